The van der Waals surface area contributed by atoms with Gasteiger partial charge >= 0.3 is 0 Å². The molecule has 5 nitrogen and oxygen atoms in total. The van der Waals surface area contributed by atoms with E-state index in [2.05, 4.69) is 4.99 Å². The van der Waals surface area contributed by atoms with Gasteiger partial charge in [-0.25, -0.2) is 4.99 Å². The van der Waals surface area contributed by atoms with Gasteiger partial charge in [-0.15, -0.1) is 0 Å². The molecule has 1 aliphatic rings. The summed E-state index contributed by atoms with van der Waals surface area (Å²) in [5.74, 6) is 1.25. The lowest BCUT2D eigenvalue weighted by Crippen LogP contribution is -2.33. The third-order valence-corrected chi connectivity index (χ3v) is 3.10. The zero-order valence-electron chi connectivity index (χ0n) is 10.6. The minimum atomic E-state index is -0.172. The highest BCUT2D eigenvalue weighted by Gasteiger charge is 2.19. The van der Waals surface area contributed by atoms with Crippen molar-refractivity contribution in [3.8, 4) is 5.75 Å². The second kappa shape index (κ2) is 5.37. The molecule has 1 aromatic rings. The fraction of sp³-hybridized carbons (Fsp3) is 0.462. The van der Waals surface area contributed by atoms with Gasteiger partial charge in [0.1, 0.15) is 17.3 Å². The van der Waals surface area contributed by atoms with Gasteiger partial charge in [0.05, 0.1) is 0 Å². The van der Waals surface area contributed by atoms with E-state index in [0.29, 0.717) is 12.4 Å². The number of amidine groups is 1. The maximum atomic E-state index is 6.10. The van der Waals surface area contributed by atoms with Gasteiger partial charge in [0.2, 0.25) is 0 Å². The number of hydrogen-bond donors (Lipinski definition) is 3. The van der Waals surface area contributed by atoms with E-state index in [-0.39, 0.29) is 12.1 Å². The summed E-state index contributed by atoms with van der Waals surface area (Å²) in [7, 11) is 0. The first kappa shape index (κ1) is 12.9. The Morgan fingerprint density at radius 2 is 2.22 bits per heavy atom. The third-order valence-electron chi connectivity index (χ3n) is 3.10. The second-order valence-corrected chi connectivity index (χ2v) is 4.56. The fourth-order valence-electron chi connectivity index (χ4n) is 1.94. The van der Waals surface area contributed by atoms with E-state index in [4.69, 9.17) is 21.9 Å². The summed E-state index contributed by atoms with van der Waals surface area (Å²) in [5.41, 5.74) is 19.2. The summed E-state index contributed by atoms with van der Waals surface area (Å²) in [4.78, 5) is 4.34. The molecule has 0 aliphatic carbocycles. The Morgan fingerprint density at radius 1 is 1.44 bits per heavy atom. The van der Waals surface area contributed by atoms with Crippen molar-refractivity contribution in [2.24, 2.45) is 22.2 Å². The lowest BCUT2D eigenvalue weighted by atomic mass is 10.0. The van der Waals surface area contributed by atoms with Crippen LogP contribution in [0.25, 0.3) is 0 Å². The lowest BCUT2D eigenvalue weighted by molar-refractivity contribution is 0.281. The van der Waals surface area contributed by atoms with E-state index < -0.39 is 0 Å². The molecular formula is C13H20N4O. The highest BCUT2D eigenvalue weighted by atomic mass is 16.5. The van der Waals surface area contributed by atoms with Gasteiger partial charge in [0.15, 0.2) is 6.10 Å². The number of benzene rings is 1. The Kier molecular flexibility index (Phi) is 3.84. The van der Waals surface area contributed by atoms with Gasteiger partial charge in [-0.3, -0.25) is 0 Å². The average molecular weight is 248 g/mol. The predicted octanol–water partition coefficient (Wildman–Crippen LogP) is 1.19. The van der Waals surface area contributed by atoms with E-state index in [1.807, 2.05) is 25.1 Å². The first-order valence-electron chi connectivity index (χ1n) is 6.22. The first-order chi connectivity index (χ1) is 8.61. The molecule has 2 rings (SSSR count). The second-order valence-electron chi connectivity index (χ2n) is 4.56. The Balaban J connectivity index is 2.21. The number of fused-ring (bicyclic) bond motifs is 1. The fourth-order valence-corrected chi connectivity index (χ4v) is 1.94. The number of nitrogens with two attached hydrogens (primary N) is 3. The molecule has 98 valence electrons. The molecule has 0 saturated carbocycles. The van der Waals surface area contributed by atoms with Crippen LogP contribution in [0.1, 0.15) is 31.4 Å². The van der Waals surface area contributed by atoms with Crippen LogP contribution in [-0.4, -0.2) is 18.5 Å². The largest absolute Gasteiger partial charge is 0.481 e. The summed E-state index contributed by atoms with van der Waals surface area (Å²) >= 11 is 0. The average Bonchev–Trinajstić information content (AvgIpc) is 2.36. The molecule has 1 heterocycles. The standard InChI is InChI=1S/C13H20N4O/c1-8-13(16)17-11-7-9(4-5-12(11)18-8)10(15)3-2-6-14/h4-5,7-8,10H,2-3,6,14-15H2,1H3,(H2,16,17). The lowest BCUT2D eigenvalue weighted by Gasteiger charge is -2.22. The molecule has 6 N–H and O–H groups in total. The molecule has 2 atom stereocenters. The van der Waals surface area contributed by atoms with E-state index in [9.17, 15) is 0 Å². The van der Waals surface area contributed by atoms with Crippen molar-refractivity contribution in [2.75, 3.05) is 6.54 Å². The van der Waals surface area contributed by atoms with E-state index in [1.54, 1.807) is 0 Å². The van der Waals surface area contributed by atoms with Crippen LogP contribution in [0.4, 0.5) is 5.69 Å². The Labute approximate surface area is 107 Å². The smallest absolute Gasteiger partial charge is 0.153 e. The van der Waals surface area contributed by atoms with Gasteiger partial charge < -0.3 is 21.9 Å². The molecular weight excluding hydrogens is 228 g/mol. The number of ether oxygens (including phenoxy) is 1. The third kappa shape index (κ3) is 2.63. The van der Waals surface area contributed by atoms with Gasteiger partial charge in [-0.1, -0.05) is 6.07 Å². The zero-order chi connectivity index (χ0) is 13.1. The molecule has 0 fully saturated rings. The molecule has 1 aliphatic heterocycles. The minimum Gasteiger partial charge on any atom is -0.481 e. The van der Waals surface area contributed by atoms with E-state index in [0.717, 1.165) is 29.8 Å². The number of aliphatic imine (C=N–C) groups is 1. The molecule has 0 spiro atoms. The van der Waals surface area contributed by atoms with Crippen molar-refractivity contribution >= 4 is 11.5 Å². The summed E-state index contributed by atoms with van der Waals surface area (Å²) in [6.45, 7) is 2.53. The van der Waals surface area contributed by atoms with Crippen molar-refractivity contribution in [1.82, 2.24) is 0 Å². The van der Waals surface area contributed by atoms with Crippen LogP contribution in [0.2, 0.25) is 0 Å². The summed E-state index contributed by atoms with van der Waals surface area (Å²) < 4.78 is 5.64. The first-order valence-corrected chi connectivity index (χ1v) is 6.22. The molecule has 0 aromatic heterocycles. The van der Waals surface area contributed by atoms with E-state index in [1.165, 1.54) is 0 Å². The molecule has 1 aromatic carbocycles. The van der Waals surface area contributed by atoms with Crippen molar-refractivity contribution < 1.29 is 4.74 Å². The van der Waals surface area contributed by atoms with Crippen molar-refractivity contribution in [3.05, 3.63) is 23.8 Å². The predicted molar refractivity (Wildman–Crippen MR) is 73.0 cm³/mol. The molecule has 0 saturated heterocycles. The van der Waals surface area contributed by atoms with Gasteiger partial charge in [0.25, 0.3) is 0 Å². The number of nitrogens with zero attached hydrogens (tertiary/aromatic N) is 1. The molecule has 0 bridgehead atoms. The summed E-state index contributed by atoms with van der Waals surface area (Å²) in [5, 5.41) is 0. The van der Waals surface area contributed by atoms with Crippen LogP contribution < -0.4 is 21.9 Å². The van der Waals surface area contributed by atoms with Crippen LogP contribution >= 0.6 is 0 Å². The molecule has 5 heteroatoms. The highest BCUT2D eigenvalue weighted by molar-refractivity contribution is 5.89. The molecule has 2 unspecified atom stereocenters. The van der Waals surface area contributed by atoms with Crippen LogP contribution in [0.15, 0.2) is 23.2 Å². The molecule has 18 heavy (non-hydrogen) atoms. The van der Waals surface area contributed by atoms with Gasteiger partial charge in [-0.2, -0.15) is 0 Å². The molecule has 0 amide bonds. The van der Waals surface area contributed by atoms with Crippen molar-refractivity contribution in [2.45, 2.75) is 31.9 Å². The quantitative estimate of drug-likeness (QED) is 0.745. The van der Waals surface area contributed by atoms with Crippen molar-refractivity contribution in [1.29, 1.82) is 0 Å². The normalized spacial score (nSPS) is 19.7. The maximum Gasteiger partial charge on any atom is 0.153 e. The zero-order valence-corrected chi connectivity index (χ0v) is 10.6. The highest BCUT2D eigenvalue weighted by Crippen LogP contribution is 2.34. The monoisotopic (exact) mass is 248 g/mol. The Bertz CT molecular complexity index is 458. The number of hydrogen-bond acceptors (Lipinski definition) is 5. The Hall–Kier alpha value is -1.59. The SMILES string of the molecule is CC1Oc2ccc(C(N)CCCN)cc2N=C1N. The van der Waals surface area contributed by atoms with Crippen LogP contribution in [0, 0.1) is 0 Å². The summed E-state index contributed by atoms with van der Waals surface area (Å²) in [6.07, 6.45) is 1.61. The van der Waals surface area contributed by atoms with Crippen LogP contribution in [-0.2, 0) is 0 Å². The Morgan fingerprint density at radius 3 is 2.94 bits per heavy atom. The van der Waals surface area contributed by atoms with Crippen LogP contribution in [0.5, 0.6) is 5.75 Å². The minimum absolute atomic E-state index is 0.0189. The maximum absolute atomic E-state index is 6.10. The van der Waals surface area contributed by atoms with Crippen LogP contribution in [0.3, 0.4) is 0 Å². The molecule has 0 radical (unpaired) electrons. The topological polar surface area (TPSA) is 99.6 Å². The van der Waals surface area contributed by atoms with Gasteiger partial charge in [0, 0.05) is 6.04 Å². The number of rotatable bonds is 4. The summed E-state index contributed by atoms with van der Waals surface area (Å²) in [6, 6.07) is 5.80. The van der Waals surface area contributed by atoms with Crippen molar-refractivity contribution in [3.63, 3.8) is 0 Å². The van der Waals surface area contributed by atoms with Gasteiger partial charge in [-0.05, 0) is 44.0 Å². The van der Waals surface area contributed by atoms with E-state index >= 15 is 0 Å².